The van der Waals surface area contributed by atoms with E-state index in [0.29, 0.717) is 5.16 Å². The minimum atomic E-state index is -4.52. The maximum absolute atomic E-state index is 13.0. The van der Waals surface area contributed by atoms with Gasteiger partial charge in [-0.25, -0.2) is 0 Å². The van der Waals surface area contributed by atoms with Crippen LogP contribution >= 0.6 is 11.8 Å². The Hall–Kier alpha value is -2.03. The highest BCUT2D eigenvalue weighted by Gasteiger charge is 2.33. The van der Waals surface area contributed by atoms with Gasteiger partial charge >= 0.3 is 6.18 Å². The molecule has 0 fully saturated rings. The summed E-state index contributed by atoms with van der Waals surface area (Å²) in [4.78, 5) is 12.1. The summed E-state index contributed by atoms with van der Waals surface area (Å²) in [6, 6.07) is 4.91. The van der Waals surface area contributed by atoms with Crippen molar-refractivity contribution in [2.75, 3.05) is 11.1 Å². The topological polar surface area (TPSA) is 59.8 Å². The highest BCUT2D eigenvalue weighted by atomic mass is 32.2. The minimum Gasteiger partial charge on any atom is -0.325 e. The summed E-state index contributed by atoms with van der Waals surface area (Å²) in [6.45, 7) is 6.76. The Morgan fingerprint density at radius 3 is 2.58 bits per heavy atom. The summed E-state index contributed by atoms with van der Waals surface area (Å²) in [7, 11) is 0. The lowest BCUT2D eigenvalue weighted by molar-refractivity contribution is -0.137. The molecule has 1 aromatic carbocycles. The number of amides is 1. The standard InChI is InChI=1S/C17H21F3N4OS/c1-4-9-24-15(11(2)3)22-23-16(24)26-10-14(25)21-13-8-6-5-7-12(13)17(18,19)20/h5-8,11H,4,9-10H2,1-3H3,(H,21,25). The Labute approximate surface area is 154 Å². The van der Waals surface area contributed by atoms with Crippen molar-refractivity contribution in [3.8, 4) is 0 Å². The van der Waals surface area contributed by atoms with Gasteiger partial charge in [0.2, 0.25) is 5.91 Å². The SMILES string of the molecule is CCCn1c(SCC(=O)Nc2ccccc2C(F)(F)F)nnc1C(C)C. The zero-order chi connectivity index (χ0) is 19.3. The Bertz CT molecular complexity index is 759. The molecule has 1 aromatic heterocycles. The number of aromatic nitrogens is 3. The van der Waals surface area contributed by atoms with E-state index in [1.54, 1.807) is 0 Å². The Balaban J connectivity index is 2.07. The van der Waals surface area contributed by atoms with Gasteiger partial charge in [0.25, 0.3) is 0 Å². The fourth-order valence-electron chi connectivity index (χ4n) is 2.42. The van der Waals surface area contributed by atoms with Crippen LogP contribution in [0.4, 0.5) is 18.9 Å². The molecule has 0 unspecified atom stereocenters. The molecule has 0 aliphatic carbocycles. The van der Waals surface area contributed by atoms with E-state index < -0.39 is 17.6 Å². The molecule has 2 aromatic rings. The molecule has 0 aliphatic heterocycles. The molecule has 0 saturated heterocycles. The fraction of sp³-hybridized carbons (Fsp3) is 0.471. The molecule has 0 spiro atoms. The van der Waals surface area contributed by atoms with Crippen molar-refractivity contribution in [1.82, 2.24) is 14.8 Å². The van der Waals surface area contributed by atoms with Crippen LogP contribution in [0, 0.1) is 0 Å². The van der Waals surface area contributed by atoms with Crippen LogP contribution < -0.4 is 5.32 Å². The second-order valence-electron chi connectivity index (χ2n) is 6.03. The van der Waals surface area contributed by atoms with Crippen LogP contribution in [0.5, 0.6) is 0 Å². The third kappa shape index (κ3) is 5.00. The van der Waals surface area contributed by atoms with Gasteiger partial charge in [-0.3, -0.25) is 4.79 Å². The van der Waals surface area contributed by atoms with Gasteiger partial charge in [-0.1, -0.05) is 44.7 Å². The van der Waals surface area contributed by atoms with E-state index in [4.69, 9.17) is 0 Å². The summed E-state index contributed by atoms with van der Waals surface area (Å²) >= 11 is 1.16. The van der Waals surface area contributed by atoms with Crippen LogP contribution in [0.15, 0.2) is 29.4 Å². The number of carbonyl (C=O) groups excluding carboxylic acids is 1. The molecule has 0 atom stereocenters. The Morgan fingerprint density at radius 2 is 1.96 bits per heavy atom. The van der Waals surface area contributed by atoms with E-state index in [1.807, 2.05) is 25.3 Å². The number of para-hydroxylation sites is 1. The second kappa shape index (κ2) is 8.57. The third-order valence-electron chi connectivity index (χ3n) is 3.55. The first-order valence-electron chi connectivity index (χ1n) is 8.26. The number of carbonyl (C=O) groups is 1. The fourth-order valence-corrected chi connectivity index (χ4v) is 3.19. The van der Waals surface area contributed by atoms with Crippen LogP contribution in [0.2, 0.25) is 0 Å². The highest BCUT2D eigenvalue weighted by molar-refractivity contribution is 7.99. The zero-order valence-corrected chi connectivity index (χ0v) is 15.6. The van der Waals surface area contributed by atoms with Crippen molar-refractivity contribution in [1.29, 1.82) is 0 Å². The van der Waals surface area contributed by atoms with Gasteiger partial charge in [0, 0.05) is 12.5 Å². The second-order valence-corrected chi connectivity index (χ2v) is 6.97. The van der Waals surface area contributed by atoms with E-state index in [-0.39, 0.29) is 17.4 Å². The van der Waals surface area contributed by atoms with Crippen molar-refractivity contribution >= 4 is 23.4 Å². The lowest BCUT2D eigenvalue weighted by Crippen LogP contribution is -2.18. The van der Waals surface area contributed by atoms with Crippen LogP contribution in [0.1, 0.15) is 44.5 Å². The van der Waals surface area contributed by atoms with Crippen LogP contribution in [0.3, 0.4) is 0 Å². The maximum Gasteiger partial charge on any atom is 0.418 e. The Kier molecular flexibility index (Phi) is 6.69. The average molecular weight is 386 g/mol. The lowest BCUT2D eigenvalue weighted by Gasteiger charge is -2.13. The number of rotatable bonds is 7. The van der Waals surface area contributed by atoms with E-state index in [0.717, 1.165) is 36.6 Å². The molecular weight excluding hydrogens is 365 g/mol. The minimum absolute atomic E-state index is 0.0495. The predicted octanol–water partition coefficient (Wildman–Crippen LogP) is 4.56. The molecule has 9 heteroatoms. The Morgan fingerprint density at radius 1 is 1.27 bits per heavy atom. The summed E-state index contributed by atoms with van der Waals surface area (Å²) in [5, 5.41) is 11.2. The highest BCUT2D eigenvalue weighted by Crippen LogP contribution is 2.34. The first-order chi connectivity index (χ1) is 12.2. The molecule has 0 saturated carbocycles. The number of benzene rings is 1. The van der Waals surface area contributed by atoms with Gasteiger partial charge in [-0.2, -0.15) is 13.2 Å². The van der Waals surface area contributed by atoms with Crippen LogP contribution in [0.25, 0.3) is 0 Å². The van der Waals surface area contributed by atoms with Crippen molar-refractivity contribution in [2.24, 2.45) is 0 Å². The number of halogens is 3. The third-order valence-corrected chi connectivity index (χ3v) is 4.51. The van der Waals surface area contributed by atoms with Gasteiger partial charge < -0.3 is 9.88 Å². The molecule has 0 aliphatic rings. The number of nitrogens with zero attached hydrogens (tertiary/aromatic N) is 3. The molecule has 26 heavy (non-hydrogen) atoms. The van der Waals surface area contributed by atoms with Crippen molar-refractivity contribution in [2.45, 2.75) is 51.0 Å². The summed E-state index contributed by atoms with van der Waals surface area (Å²) in [6.07, 6.45) is -3.64. The van der Waals surface area contributed by atoms with E-state index in [2.05, 4.69) is 15.5 Å². The monoisotopic (exact) mass is 386 g/mol. The van der Waals surface area contributed by atoms with E-state index in [9.17, 15) is 18.0 Å². The number of alkyl halides is 3. The quantitative estimate of drug-likeness (QED) is 0.709. The molecule has 1 N–H and O–H groups in total. The molecule has 1 amide bonds. The normalized spacial score (nSPS) is 11.8. The lowest BCUT2D eigenvalue weighted by atomic mass is 10.1. The number of hydrogen-bond acceptors (Lipinski definition) is 4. The van der Waals surface area contributed by atoms with Gasteiger partial charge in [0.05, 0.1) is 17.0 Å². The van der Waals surface area contributed by atoms with Gasteiger partial charge in [0.15, 0.2) is 5.16 Å². The molecular formula is C17H21F3N4OS. The van der Waals surface area contributed by atoms with Crippen LogP contribution in [-0.4, -0.2) is 26.4 Å². The zero-order valence-electron chi connectivity index (χ0n) is 14.8. The number of hydrogen-bond donors (Lipinski definition) is 1. The molecule has 5 nitrogen and oxygen atoms in total. The van der Waals surface area contributed by atoms with Crippen molar-refractivity contribution in [3.63, 3.8) is 0 Å². The molecule has 1 heterocycles. The number of thioether (sulfide) groups is 1. The molecule has 142 valence electrons. The van der Waals surface area contributed by atoms with E-state index >= 15 is 0 Å². The summed E-state index contributed by atoms with van der Waals surface area (Å²) < 4.78 is 40.9. The first-order valence-corrected chi connectivity index (χ1v) is 9.24. The maximum atomic E-state index is 13.0. The van der Waals surface area contributed by atoms with Crippen molar-refractivity contribution < 1.29 is 18.0 Å². The first kappa shape index (κ1) is 20.3. The van der Waals surface area contributed by atoms with Gasteiger partial charge in [0.1, 0.15) is 5.82 Å². The van der Waals surface area contributed by atoms with Gasteiger partial charge in [-0.05, 0) is 18.6 Å². The summed E-state index contributed by atoms with van der Waals surface area (Å²) in [5.74, 6) is 0.448. The summed E-state index contributed by atoms with van der Waals surface area (Å²) in [5.41, 5.74) is -1.11. The van der Waals surface area contributed by atoms with Crippen molar-refractivity contribution in [3.05, 3.63) is 35.7 Å². The van der Waals surface area contributed by atoms with E-state index in [1.165, 1.54) is 18.2 Å². The largest absolute Gasteiger partial charge is 0.418 e. The smallest absolute Gasteiger partial charge is 0.325 e. The average Bonchev–Trinajstić information content (AvgIpc) is 2.96. The molecule has 0 bridgehead atoms. The molecule has 2 rings (SSSR count). The number of anilines is 1. The van der Waals surface area contributed by atoms with Crippen LogP contribution in [-0.2, 0) is 17.5 Å². The number of nitrogens with one attached hydrogen (secondary N) is 1. The predicted molar refractivity (Wildman–Crippen MR) is 95.2 cm³/mol. The van der Waals surface area contributed by atoms with Gasteiger partial charge in [-0.15, -0.1) is 10.2 Å². The molecule has 0 radical (unpaired) electrons.